The van der Waals surface area contributed by atoms with E-state index in [4.69, 9.17) is 11.6 Å². The first-order valence-electron chi connectivity index (χ1n) is 6.63. The van der Waals surface area contributed by atoms with Gasteiger partial charge >= 0.3 is 0 Å². The Kier molecular flexibility index (Phi) is 2.79. The number of H-pyrrole nitrogens is 1. The van der Waals surface area contributed by atoms with E-state index in [2.05, 4.69) is 41.4 Å². The van der Waals surface area contributed by atoms with Gasteiger partial charge < -0.3 is 5.32 Å². The van der Waals surface area contributed by atoms with Crippen LogP contribution < -0.4 is 5.32 Å². The second-order valence-electron chi connectivity index (χ2n) is 5.59. The second-order valence-corrected chi connectivity index (χ2v) is 6.82. The predicted octanol–water partition coefficient (Wildman–Crippen LogP) is 3.25. The van der Waals surface area contributed by atoms with Crippen molar-refractivity contribution in [2.24, 2.45) is 0 Å². The lowest BCUT2D eigenvalue weighted by atomic mass is 9.80. The van der Waals surface area contributed by atoms with Gasteiger partial charge in [0, 0.05) is 29.6 Å². The van der Waals surface area contributed by atoms with E-state index >= 15 is 0 Å². The molecule has 0 radical (unpaired) electrons. The molecule has 2 atom stereocenters. The molecule has 3 heterocycles. The zero-order valence-corrected chi connectivity index (χ0v) is 13.0. The molecule has 104 valence electrons. The number of nitrogens with zero attached hydrogens (tertiary/aromatic N) is 3. The average molecular weight is 355 g/mol. The van der Waals surface area contributed by atoms with Crippen molar-refractivity contribution in [3.8, 4) is 0 Å². The van der Waals surface area contributed by atoms with E-state index in [9.17, 15) is 0 Å². The highest BCUT2D eigenvalue weighted by atomic mass is 79.9. The van der Waals surface area contributed by atoms with Crippen molar-refractivity contribution in [2.45, 2.75) is 30.6 Å². The second kappa shape index (κ2) is 4.43. The number of anilines is 1. The molecule has 20 heavy (non-hydrogen) atoms. The maximum atomic E-state index is 6.52. The SMILES string of the molecule is Clc1c(Br)cnc2c1C1(CCC(c3ncn[nH]3)C1)CN2. The van der Waals surface area contributed by atoms with Gasteiger partial charge in [0.2, 0.25) is 0 Å². The van der Waals surface area contributed by atoms with Crippen molar-refractivity contribution in [1.29, 1.82) is 0 Å². The van der Waals surface area contributed by atoms with Gasteiger partial charge in [-0.05, 0) is 35.2 Å². The Balaban J connectivity index is 1.74. The Morgan fingerprint density at radius 2 is 2.30 bits per heavy atom. The smallest absolute Gasteiger partial charge is 0.137 e. The molecule has 2 unspecified atom stereocenters. The molecule has 1 spiro atoms. The van der Waals surface area contributed by atoms with Crippen LogP contribution in [0.25, 0.3) is 0 Å². The summed E-state index contributed by atoms with van der Waals surface area (Å²) < 4.78 is 0.865. The van der Waals surface area contributed by atoms with Crippen LogP contribution in [0.4, 0.5) is 5.82 Å². The van der Waals surface area contributed by atoms with Gasteiger partial charge in [-0.3, -0.25) is 5.10 Å². The fourth-order valence-electron chi connectivity index (χ4n) is 3.58. The van der Waals surface area contributed by atoms with Crippen LogP contribution in [0.5, 0.6) is 0 Å². The van der Waals surface area contributed by atoms with E-state index in [-0.39, 0.29) is 5.41 Å². The molecule has 0 saturated heterocycles. The van der Waals surface area contributed by atoms with Crippen molar-refractivity contribution in [1.82, 2.24) is 20.2 Å². The lowest BCUT2D eigenvalue weighted by Gasteiger charge is -2.24. The molecule has 1 aliphatic heterocycles. The number of aromatic nitrogens is 4. The Hall–Kier alpha value is -1.14. The first kappa shape index (κ1) is 12.6. The molecule has 5 nitrogen and oxygen atoms in total. The highest BCUT2D eigenvalue weighted by Gasteiger charge is 2.48. The Morgan fingerprint density at radius 3 is 3.10 bits per heavy atom. The van der Waals surface area contributed by atoms with E-state index in [0.29, 0.717) is 5.92 Å². The van der Waals surface area contributed by atoms with Crippen LogP contribution in [-0.2, 0) is 5.41 Å². The van der Waals surface area contributed by atoms with Crippen molar-refractivity contribution < 1.29 is 0 Å². The minimum absolute atomic E-state index is 0.0701. The molecule has 7 heteroatoms. The number of pyridine rings is 1. The summed E-state index contributed by atoms with van der Waals surface area (Å²) in [7, 11) is 0. The minimum Gasteiger partial charge on any atom is -0.369 e. The van der Waals surface area contributed by atoms with Crippen LogP contribution >= 0.6 is 27.5 Å². The Labute approximate surface area is 129 Å². The standard InChI is InChI=1S/C13H13BrClN5/c14-8-4-16-12-9(10(8)15)13(5-17-12)2-1-7(3-13)11-18-6-19-20-11/h4,6-7H,1-3,5H2,(H,16,17)(H,18,19,20). The normalized spacial score (nSPS) is 27.8. The highest BCUT2D eigenvalue weighted by molar-refractivity contribution is 9.10. The van der Waals surface area contributed by atoms with Crippen LogP contribution in [0.15, 0.2) is 17.0 Å². The van der Waals surface area contributed by atoms with Gasteiger partial charge in [-0.25, -0.2) is 9.97 Å². The van der Waals surface area contributed by atoms with Crippen molar-refractivity contribution >= 4 is 33.3 Å². The quantitative estimate of drug-likeness (QED) is 0.825. The van der Waals surface area contributed by atoms with Gasteiger partial charge in [-0.1, -0.05) is 11.6 Å². The van der Waals surface area contributed by atoms with Crippen LogP contribution in [0.2, 0.25) is 5.02 Å². The molecule has 0 aromatic carbocycles. The van der Waals surface area contributed by atoms with Crippen LogP contribution in [0.1, 0.15) is 36.6 Å². The van der Waals surface area contributed by atoms with Crippen LogP contribution in [0.3, 0.4) is 0 Å². The third-order valence-electron chi connectivity index (χ3n) is 4.53. The molecule has 2 aromatic heterocycles. The van der Waals surface area contributed by atoms with Gasteiger partial charge in [-0.15, -0.1) is 0 Å². The van der Waals surface area contributed by atoms with Gasteiger partial charge in [-0.2, -0.15) is 5.10 Å². The highest BCUT2D eigenvalue weighted by Crippen LogP contribution is 2.54. The number of fused-ring (bicyclic) bond motifs is 2. The monoisotopic (exact) mass is 353 g/mol. The maximum Gasteiger partial charge on any atom is 0.137 e. The molecule has 0 bridgehead atoms. The van der Waals surface area contributed by atoms with E-state index in [1.54, 1.807) is 12.5 Å². The summed E-state index contributed by atoms with van der Waals surface area (Å²) in [6, 6.07) is 0. The van der Waals surface area contributed by atoms with Crippen molar-refractivity contribution in [3.05, 3.63) is 33.4 Å². The minimum atomic E-state index is 0.0701. The first-order valence-corrected chi connectivity index (χ1v) is 7.80. The first-order chi connectivity index (χ1) is 9.70. The third kappa shape index (κ3) is 1.71. The molecule has 1 aliphatic carbocycles. The van der Waals surface area contributed by atoms with E-state index in [0.717, 1.165) is 52.5 Å². The molecule has 2 aromatic rings. The Bertz CT molecular complexity index is 659. The van der Waals surface area contributed by atoms with E-state index in [1.165, 1.54) is 0 Å². The molecule has 4 rings (SSSR count). The molecule has 2 N–H and O–H groups in total. The third-order valence-corrected chi connectivity index (χ3v) is 5.75. The lowest BCUT2D eigenvalue weighted by molar-refractivity contribution is 0.477. The molecule has 1 saturated carbocycles. The number of nitrogens with one attached hydrogen (secondary N) is 2. The van der Waals surface area contributed by atoms with Gasteiger partial charge in [0.25, 0.3) is 0 Å². The molecular weight excluding hydrogens is 342 g/mol. The van der Waals surface area contributed by atoms with Crippen molar-refractivity contribution in [2.75, 3.05) is 11.9 Å². The summed E-state index contributed by atoms with van der Waals surface area (Å²) in [6.07, 6.45) is 6.55. The topological polar surface area (TPSA) is 66.5 Å². The number of hydrogen-bond acceptors (Lipinski definition) is 4. The molecular formula is C13H13BrClN5. The number of halogens is 2. The van der Waals surface area contributed by atoms with Gasteiger partial charge in [0.05, 0.1) is 9.50 Å². The summed E-state index contributed by atoms with van der Waals surface area (Å²) in [5.41, 5.74) is 1.23. The fourth-order valence-corrected chi connectivity index (χ4v) is 4.22. The number of aromatic amines is 1. The molecule has 1 fully saturated rings. The summed E-state index contributed by atoms with van der Waals surface area (Å²) in [6.45, 7) is 0.899. The number of hydrogen-bond donors (Lipinski definition) is 2. The predicted molar refractivity (Wildman–Crippen MR) is 80.1 cm³/mol. The average Bonchev–Trinajstić information content (AvgIpc) is 3.15. The van der Waals surface area contributed by atoms with Crippen molar-refractivity contribution in [3.63, 3.8) is 0 Å². The summed E-state index contributed by atoms with van der Waals surface area (Å²) in [5.74, 6) is 2.33. The van der Waals surface area contributed by atoms with Crippen LogP contribution in [0, 0.1) is 0 Å². The summed E-state index contributed by atoms with van der Waals surface area (Å²) >= 11 is 10.0. The zero-order valence-electron chi connectivity index (χ0n) is 10.7. The number of rotatable bonds is 1. The van der Waals surface area contributed by atoms with Gasteiger partial charge in [0.1, 0.15) is 18.0 Å². The Morgan fingerprint density at radius 1 is 1.40 bits per heavy atom. The van der Waals surface area contributed by atoms with E-state index in [1.807, 2.05) is 0 Å². The fraction of sp³-hybridized carbons (Fsp3) is 0.462. The molecule has 2 aliphatic rings. The summed E-state index contributed by atoms with van der Waals surface area (Å²) in [5, 5.41) is 11.2. The maximum absolute atomic E-state index is 6.52. The largest absolute Gasteiger partial charge is 0.369 e. The van der Waals surface area contributed by atoms with E-state index < -0.39 is 0 Å². The lowest BCUT2D eigenvalue weighted by Crippen LogP contribution is -2.25. The van der Waals surface area contributed by atoms with Crippen LogP contribution in [-0.4, -0.2) is 26.7 Å². The zero-order chi connectivity index (χ0) is 13.7. The molecule has 0 amide bonds. The summed E-state index contributed by atoms with van der Waals surface area (Å²) in [4.78, 5) is 8.75. The van der Waals surface area contributed by atoms with Gasteiger partial charge in [0.15, 0.2) is 0 Å².